The number of carbonyl (C=O) groups excluding carboxylic acids is 1. The second-order valence-electron chi connectivity index (χ2n) is 8.59. The molecule has 3 aromatic rings. The van der Waals surface area contributed by atoms with Crippen molar-refractivity contribution in [2.24, 2.45) is 0 Å². The number of nitrogens with zero attached hydrogens (tertiary/aromatic N) is 4. The monoisotopic (exact) mass is 519 g/mol. The zero-order chi connectivity index (χ0) is 25.7. The van der Waals surface area contributed by atoms with E-state index in [1.54, 1.807) is 12.3 Å². The molecular formula is C24H19F4N4O3S+. The predicted octanol–water partition coefficient (Wildman–Crippen LogP) is 3.65. The highest BCUT2D eigenvalue weighted by Gasteiger charge is 2.65. The first-order chi connectivity index (χ1) is 17.0. The van der Waals surface area contributed by atoms with Crippen LogP contribution in [0.1, 0.15) is 24.1 Å². The molecule has 2 aliphatic rings. The number of sulfonamides is 1. The molecule has 1 spiro atoms. The molecule has 0 radical (unpaired) electrons. The van der Waals surface area contributed by atoms with Gasteiger partial charge < -0.3 is 0 Å². The summed E-state index contributed by atoms with van der Waals surface area (Å²) in [6.45, 7) is 0.197. The van der Waals surface area contributed by atoms with Gasteiger partial charge in [0.05, 0.1) is 16.2 Å². The number of rotatable bonds is 5. The molecule has 0 saturated carbocycles. The first-order valence-corrected chi connectivity index (χ1v) is 12.4. The third-order valence-electron chi connectivity index (χ3n) is 6.33. The molecule has 5 rings (SSSR count). The average Bonchev–Trinajstić information content (AvgIpc) is 3.31. The van der Waals surface area contributed by atoms with Crippen molar-refractivity contribution in [3.05, 3.63) is 78.0 Å². The Balaban J connectivity index is 1.38. The van der Waals surface area contributed by atoms with E-state index >= 15 is 0 Å². The van der Waals surface area contributed by atoms with E-state index in [9.17, 15) is 30.8 Å². The van der Waals surface area contributed by atoms with Crippen LogP contribution in [0.4, 0.5) is 17.6 Å². The zero-order valence-corrected chi connectivity index (χ0v) is 19.4. The van der Waals surface area contributed by atoms with Crippen molar-refractivity contribution in [1.82, 2.24) is 14.3 Å². The van der Waals surface area contributed by atoms with Gasteiger partial charge in [-0.05, 0) is 55.3 Å². The topological polar surface area (TPSA) is 83.2 Å². The van der Waals surface area contributed by atoms with Crippen LogP contribution in [-0.2, 0) is 27.5 Å². The molecule has 1 atom stereocenters. The SMILES string of the molecule is O=C1[N+](Cc2cc(-c3ccc(C(F)(F)F)cc3)ncn2)=CC12CCCN2S(=O)(=O)c1ccc(F)cc1. The summed E-state index contributed by atoms with van der Waals surface area (Å²) < 4.78 is 80.6. The Hall–Kier alpha value is -3.51. The third-order valence-corrected chi connectivity index (χ3v) is 8.29. The number of amides is 1. The van der Waals surface area contributed by atoms with Crippen LogP contribution in [0.2, 0.25) is 0 Å². The van der Waals surface area contributed by atoms with Gasteiger partial charge in [-0.1, -0.05) is 12.1 Å². The summed E-state index contributed by atoms with van der Waals surface area (Å²) in [6.07, 6.45) is -0.824. The zero-order valence-electron chi connectivity index (χ0n) is 18.6. The van der Waals surface area contributed by atoms with Crippen LogP contribution in [-0.4, -0.2) is 51.5 Å². The van der Waals surface area contributed by atoms with Crippen molar-refractivity contribution in [3.8, 4) is 11.3 Å². The number of alkyl halides is 3. The van der Waals surface area contributed by atoms with Gasteiger partial charge in [-0.2, -0.15) is 22.1 Å². The van der Waals surface area contributed by atoms with Gasteiger partial charge in [0.25, 0.3) is 0 Å². The van der Waals surface area contributed by atoms with E-state index < -0.39 is 39.0 Å². The average molecular weight is 520 g/mol. The fourth-order valence-electron chi connectivity index (χ4n) is 4.55. The van der Waals surface area contributed by atoms with Crippen molar-refractivity contribution in [2.75, 3.05) is 6.54 Å². The maximum absolute atomic E-state index is 13.3. The number of hydrogen-bond acceptors (Lipinski definition) is 5. The molecule has 1 aromatic heterocycles. The van der Waals surface area contributed by atoms with E-state index in [1.807, 2.05) is 0 Å². The van der Waals surface area contributed by atoms with Gasteiger partial charge in [0.1, 0.15) is 17.8 Å². The first-order valence-electron chi connectivity index (χ1n) is 10.9. The normalized spacial score (nSPS) is 20.4. The van der Waals surface area contributed by atoms with E-state index in [4.69, 9.17) is 0 Å². The van der Waals surface area contributed by atoms with E-state index in [0.717, 1.165) is 28.6 Å². The minimum atomic E-state index is -4.45. The molecule has 1 saturated heterocycles. The summed E-state index contributed by atoms with van der Waals surface area (Å²) in [5.41, 5.74) is -0.808. The maximum Gasteiger partial charge on any atom is 0.418 e. The summed E-state index contributed by atoms with van der Waals surface area (Å²) in [4.78, 5) is 21.4. The highest BCUT2D eigenvalue weighted by atomic mass is 32.2. The quantitative estimate of drug-likeness (QED) is 0.380. The van der Waals surface area contributed by atoms with E-state index in [2.05, 4.69) is 9.97 Å². The van der Waals surface area contributed by atoms with Crippen LogP contribution in [0.15, 0.2) is 65.8 Å². The smallest absolute Gasteiger partial charge is 0.236 e. The Labute approximate surface area is 203 Å². The lowest BCUT2D eigenvalue weighted by molar-refractivity contribution is -0.488. The van der Waals surface area contributed by atoms with Crippen LogP contribution in [0.25, 0.3) is 11.3 Å². The standard InChI is InChI=1S/C24H19F4N4O3S/c25-18-6-8-20(9-7-18)36(34,35)32-11-1-10-23(32)14-31(22(23)33)13-19-12-21(30-15-29-19)16-2-4-17(5-3-16)24(26,27)28/h2-9,12,14-15H,1,10-11,13H2/q+1. The van der Waals surface area contributed by atoms with E-state index in [1.165, 1.54) is 35.2 Å². The second kappa shape index (κ2) is 8.56. The maximum atomic E-state index is 13.3. The Bertz CT molecular complexity index is 1470. The fourth-order valence-corrected chi connectivity index (χ4v) is 6.29. The summed E-state index contributed by atoms with van der Waals surface area (Å²) >= 11 is 0. The Kier molecular flexibility index (Phi) is 5.75. The molecule has 186 valence electrons. The van der Waals surface area contributed by atoms with Gasteiger partial charge in [0, 0.05) is 12.1 Å². The van der Waals surface area contributed by atoms with Gasteiger partial charge in [-0.3, -0.25) is 0 Å². The largest absolute Gasteiger partial charge is 0.418 e. The Morgan fingerprint density at radius 1 is 1.03 bits per heavy atom. The lowest BCUT2D eigenvalue weighted by Crippen LogP contribution is -2.65. The molecule has 1 fully saturated rings. The first kappa shape index (κ1) is 24.2. The number of aromatic nitrogens is 2. The van der Waals surface area contributed by atoms with Crippen LogP contribution in [0.3, 0.4) is 0 Å². The van der Waals surface area contributed by atoms with E-state index in [0.29, 0.717) is 29.8 Å². The molecule has 1 amide bonds. The molecular weight excluding hydrogens is 500 g/mol. The van der Waals surface area contributed by atoms with Gasteiger partial charge >= 0.3 is 12.1 Å². The molecule has 2 aliphatic heterocycles. The van der Waals surface area contributed by atoms with Gasteiger partial charge in [-0.15, -0.1) is 0 Å². The number of halogens is 4. The Morgan fingerprint density at radius 2 is 1.72 bits per heavy atom. The van der Waals surface area contributed by atoms with Crippen molar-refractivity contribution in [1.29, 1.82) is 0 Å². The second-order valence-corrected chi connectivity index (χ2v) is 10.5. The highest BCUT2D eigenvalue weighted by molar-refractivity contribution is 7.89. The number of carbonyl (C=O) groups is 1. The van der Waals surface area contributed by atoms with Crippen LogP contribution in [0.5, 0.6) is 0 Å². The predicted molar refractivity (Wildman–Crippen MR) is 120 cm³/mol. The van der Waals surface area contributed by atoms with E-state index in [-0.39, 0.29) is 18.0 Å². The van der Waals surface area contributed by atoms with Crippen LogP contribution >= 0.6 is 0 Å². The molecule has 7 nitrogen and oxygen atoms in total. The lowest BCUT2D eigenvalue weighted by atomic mass is 9.91. The summed E-state index contributed by atoms with van der Waals surface area (Å²) in [7, 11) is -4.03. The lowest BCUT2D eigenvalue weighted by Gasteiger charge is -2.33. The summed E-state index contributed by atoms with van der Waals surface area (Å²) in [6, 6.07) is 10.5. The van der Waals surface area contributed by atoms with Gasteiger partial charge in [0.15, 0.2) is 12.8 Å². The van der Waals surface area contributed by atoms with Gasteiger partial charge in [0.2, 0.25) is 15.6 Å². The summed E-state index contributed by atoms with van der Waals surface area (Å²) in [5, 5.41) is 0. The van der Waals surface area contributed by atoms with Crippen molar-refractivity contribution >= 4 is 22.1 Å². The van der Waals surface area contributed by atoms with Gasteiger partial charge in [-0.25, -0.2) is 27.6 Å². The third kappa shape index (κ3) is 4.09. The molecule has 0 bridgehead atoms. The van der Waals surface area contributed by atoms with Crippen molar-refractivity contribution in [2.45, 2.75) is 36.0 Å². The van der Waals surface area contributed by atoms with Crippen LogP contribution in [0, 0.1) is 5.82 Å². The number of benzene rings is 2. The minimum absolute atomic E-state index is 0.0428. The summed E-state index contributed by atoms with van der Waals surface area (Å²) in [5.74, 6) is -0.969. The van der Waals surface area contributed by atoms with Crippen LogP contribution < -0.4 is 0 Å². The van der Waals surface area contributed by atoms with Crippen molar-refractivity contribution < 1.29 is 35.3 Å². The molecule has 2 aromatic carbocycles. The molecule has 0 aliphatic carbocycles. The molecule has 36 heavy (non-hydrogen) atoms. The fraction of sp³-hybridized carbons (Fsp3) is 0.250. The molecule has 3 heterocycles. The molecule has 12 heteroatoms. The minimum Gasteiger partial charge on any atom is -0.236 e. The van der Waals surface area contributed by atoms with Crippen molar-refractivity contribution in [3.63, 3.8) is 0 Å². The molecule has 1 unspecified atom stereocenters. The highest BCUT2D eigenvalue weighted by Crippen LogP contribution is 2.38. The Morgan fingerprint density at radius 3 is 2.36 bits per heavy atom. The number of hydrogen-bond donors (Lipinski definition) is 0. The molecule has 0 N–H and O–H groups in total.